The lowest BCUT2D eigenvalue weighted by Crippen LogP contribution is -2.14. The molecule has 3 aromatic heterocycles. The van der Waals surface area contributed by atoms with Crippen molar-refractivity contribution in [1.29, 1.82) is 0 Å². The second kappa shape index (κ2) is 7.21. The number of nitrogens with zero attached hydrogens (tertiary/aromatic N) is 3. The zero-order chi connectivity index (χ0) is 18.8. The van der Waals surface area contributed by atoms with E-state index in [9.17, 15) is 9.59 Å². The third kappa shape index (κ3) is 3.43. The van der Waals surface area contributed by atoms with Gasteiger partial charge in [0.05, 0.1) is 11.4 Å². The van der Waals surface area contributed by atoms with E-state index in [1.807, 2.05) is 49.7 Å². The van der Waals surface area contributed by atoms with E-state index in [4.69, 9.17) is 4.74 Å². The monoisotopic (exact) mass is 369 g/mol. The van der Waals surface area contributed by atoms with Gasteiger partial charge in [0.2, 0.25) is 5.78 Å². The van der Waals surface area contributed by atoms with Gasteiger partial charge >= 0.3 is 5.97 Å². The first-order valence-electron chi connectivity index (χ1n) is 8.10. The molecule has 0 unspecified atom stereocenters. The van der Waals surface area contributed by atoms with Gasteiger partial charge in [-0.3, -0.25) is 9.78 Å². The summed E-state index contributed by atoms with van der Waals surface area (Å²) in [5.74, 6) is -0.757. The number of Topliss-reactive ketones (excluding diaryl/α,β-unsaturated/α-hetero) is 1. The van der Waals surface area contributed by atoms with Gasteiger partial charge in [0.1, 0.15) is 9.88 Å². The van der Waals surface area contributed by atoms with Crippen LogP contribution in [0.15, 0.2) is 30.5 Å². The van der Waals surface area contributed by atoms with Crippen LogP contribution in [-0.4, -0.2) is 32.9 Å². The summed E-state index contributed by atoms with van der Waals surface area (Å²) in [6.07, 6.45) is 1.67. The van der Waals surface area contributed by atoms with Crippen molar-refractivity contribution < 1.29 is 14.3 Å². The number of carbonyl (C=O) groups excluding carboxylic acids is 2. The summed E-state index contributed by atoms with van der Waals surface area (Å²) in [6.45, 7) is 5.25. The Morgan fingerprint density at radius 3 is 2.62 bits per heavy atom. The molecular weight excluding hydrogens is 350 g/mol. The number of pyridine rings is 1. The maximum atomic E-state index is 12.4. The third-order valence-corrected chi connectivity index (χ3v) is 5.44. The predicted octanol–water partition coefficient (Wildman–Crippen LogP) is 3.51. The number of carbonyl (C=O) groups is 2. The molecule has 0 fully saturated rings. The summed E-state index contributed by atoms with van der Waals surface area (Å²) in [5, 5.41) is 0.649. The van der Waals surface area contributed by atoms with Crippen LogP contribution in [0, 0.1) is 20.8 Å². The molecule has 0 radical (unpaired) electrons. The summed E-state index contributed by atoms with van der Waals surface area (Å²) in [5.41, 5.74) is 3.68. The van der Waals surface area contributed by atoms with Crippen LogP contribution < -0.4 is 0 Å². The first-order chi connectivity index (χ1) is 12.4. The number of ether oxygens (including phenoxy) is 1. The quantitative estimate of drug-likeness (QED) is 0.508. The summed E-state index contributed by atoms with van der Waals surface area (Å²) in [7, 11) is 1.90. The van der Waals surface area contributed by atoms with Crippen molar-refractivity contribution in [2.45, 2.75) is 20.8 Å². The average Bonchev–Trinajstić information content (AvgIpc) is 3.15. The highest BCUT2D eigenvalue weighted by atomic mass is 32.1. The van der Waals surface area contributed by atoms with E-state index in [2.05, 4.69) is 9.97 Å². The van der Waals surface area contributed by atoms with Crippen LogP contribution in [0.2, 0.25) is 0 Å². The molecule has 0 aliphatic rings. The van der Waals surface area contributed by atoms with Crippen LogP contribution in [-0.2, 0) is 11.8 Å². The normalized spacial score (nSPS) is 10.8. The lowest BCUT2D eigenvalue weighted by molar-refractivity contribution is 0.0478. The van der Waals surface area contributed by atoms with Crippen molar-refractivity contribution in [2.75, 3.05) is 6.61 Å². The van der Waals surface area contributed by atoms with Crippen LogP contribution in [0.4, 0.5) is 0 Å². The second-order valence-corrected chi connectivity index (χ2v) is 6.99. The minimum Gasteiger partial charge on any atom is -0.453 e. The minimum absolute atomic E-state index is 0.216. The van der Waals surface area contributed by atoms with E-state index in [1.54, 1.807) is 13.1 Å². The van der Waals surface area contributed by atoms with Gasteiger partial charge in [0.25, 0.3) is 0 Å². The molecular formula is C19H19N3O3S. The molecule has 0 spiro atoms. The molecule has 134 valence electrons. The number of hydrogen-bond acceptors (Lipinski definition) is 6. The number of esters is 1. The molecule has 26 heavy (non-hydrogen) atoms. The van der Waals surface area contributed by atoms with Crippen LogP contribution in [0.3, 0.4) is 0 Å². The number of hydrogen-bond donors (Lipinski definition) is 0. The van der Waals surface area contributed by atoms with E-state index < -0.39 is 5.97 Å². The largest absolute Gasteiger partial charge is 0.453 e. The smallest absolute Gasteiger partial charge is 0.350 e. The number of aryl methyl sites for hydroxylation is 2. The molecule has 0 aliphatic carbocycles. The Morgan fingerprint density at radius 2 is 2.00 bits per heavy atom. The van der Waals surface area contributed by atoms with Crippen molar-refractivity contribution >= 4 is 23.1 Å². The molecule has 0 bridgehead atoms. The fourth-order valence-electron chi connectivity index (χ4n) is 2.60. The van der Waals surface area contributed by atoms with Crippen LogP contribution in [0.5, 0.6) is 0 Å². The lowest BCUT2D eigenvalue weighted by atomic mass is 10.1. The molecule has 6 nitrogen and oxygen atoms in total. The number of aromatic nitrogens is 3. The number of rotatable bonds is 5. The molecule has 3 heterocycles. The highest BCUT2D eigenvalue weighted by Crippen LogP contribution is 2.27. The molecule has 0 aromatic carbocycles. The second-order valence-electron chi connectivity index (χ2n) is 5.99. The molecule has 0 atom stereocenters. The topological polar surface area (TPSA) is 74.1 Å². The molecule has 0 saturated carbocycles. The average molecular weight is 369 g/mol. The van der Waals surface area contributed by atoms with Gasteiger partial charge < -0.3 is 9.30 Å². The standard InChI is InChI=1S/C19H19N3O3S/c1-11-9-14(13(3)22(11)4)16(23)10-25-19(24)17-12(2)21-18(26-17)15-7-5-6-8-20-15/h5-9H,10H2,1-4H3. The van der Waals surface area contributed by atoms with Crippen molar-refractivity contribution in [3.8, 4) is 10.7 Å². The van der Waals surface area contributed by atoms with E-state index in [0.717, 1.165) is 11.4 Å². The fourth-order valence-corrected chi connectivity index (χ4v) is 3.53. The maximum absolute atomic E-state index is 12.4. The summed E-state index contributed by atoms with van der Waals surface area (Å²) < 4.78 is 7.16. The molecule has 0 saturated heterocycles. The predicted molar refractivity (Wildman–Crippen MR) is 99.6 cm³/mol. The van der Waals surface area contributed by atoms with Crippen molar-refractivity contribution in [3.05, 3.63) is 58.0 Å². The molecule has 0 aliphatic heterocycles. The zero-order valence-corrected chi connectivity index (χ0v) is 15.9. The van der Waals surface area contributed by atoms with Gasteiger partial charge in [0, 0.05) is 30.2 Å². The Kier molecular flexibility index (Phi) is 4.99. The number of ketones is 1. The van der Waals surface area contributed by atoms with Crippen molar-refractivity contribution in [2.24, 2.45) is 7.05 Å². The van der Waals surface area contributed by atoms with Gasteiger partial charge in [-0.2, -0.15) is 0 Å². The fraction of sp³-hybridized carbons (Fsp3) is 0.263. The molecule has 0 amide bonds. The van der Waals surface area contributed by atoms with Gasteiger partial charge in [-0.25, -0.2) is 9.78 Å². The van der Waals surface area contributed by atoms with E-state index in [1.165, 1.54) is 11.3 Å². The Bertz CT molecular complexity index is 974. The van der Waals surface area contributed by atoms with Gasteiger partial charge in [-0.05, 0) is 39.0 Å². The highest BCUT2D eigenvalue weighted by molar-refractivity contribution is 7.17. The van der Waals surface area contributed by atoms with E-state index in [-0.39, 0.29) is 12.4 Å². The van der Waals surface area contributed by atoms with Gasteiger partial charge in [-0.1, -0.05) is 6.07 Å². The van der Waals surface area contributed by atoms with Gasteiger partial charge in [0.15, 0.2) is 6.61 Å². The first kappa shape index (κ1) is 18.0. The molecule has 0 N–H and O–H groups in total. The van der Waals surface area contributed by atoms with Gasteiger partial charge in [-0.15, -0.1) is 11.3 Å². The molecule has 7 heteroatoms. The van der Waals surface area contributed by atoms with Crippen molar-refractivity contribution in [3.63, 3.8) is 0 Å². The van der Waals surface area contributed by atoms with Crippen LogP contribution in [0.25, 0.3) is 10.7 Å². The maximum Gasteiger partial charge on any atom is 0.350 e. The molecule has 3 rings (SSSR count). The number of thiazole rings is 1. The molecule has 3 aromatic rings. The van der Waals surface area contributed by atoms with Crippen LogP contribution in [0.1, 0.15) is 37.1 Å². The summed E-state index contributed by atoms with van der Waals surface area (Å²) in [6, 6.07) is 7.32. The Labute approximate surface area is 155 Å². The Hall–Kier alpha value is -2.80. The first-order valence-corrected chi connectivity index (χ1v) is 8.92. The van der Waals surface area contributed by atoms with Crippen LogP contribution >= 0.6 is 11.3 Å². The highest BCUT2D eigenvalue weighted by Gasteiger charge is 2.21. The Balaban J connectivity index is 1.72. The zero-order valence-electron chi connectivity index (χ0n) is 15.1. The lowest BCUT2D eigenvalue weighted by Gasteiger charge is -2.04. The van der Waals surface area contributed by atoms with E-state index >= 15 is 0 Å². The Morgan fingerprint density at radius 1 is 1.23 bits per heavy atom. The third-order valence-electron chi connectivity index (χ3n) is 4.28. The van der Waals surface area contributed by atoms with E-state index in [0.29, 0.717) is 26.8 Å². The minimum atomic E-state index is -0.541. The SMILES string of the molecule is Cc1nc(-c2ccccn2)sc1C(=O)OCC(=O)c1cc(C)n(C)c1C. The van der Waals surface area contributed by atoms with Crippen molar-refractivity contribution in [1.82, 2.24) is 14.5 Å². The summed E-state index contributed by atoms with van der Waals surface area (Å²) in [4.78, 5) is 33.7. The summed E-state index contributed by atoms with van der Waals surface area (Å²) >= 11 is 1.21.